The molecule has 80 valence electrons. The van der Waals surface area contributed by atoms with Crippen LogP contribution in [0.4, 0.5) is 4.79 Å². The summed E-state index contributed by atoms with van der Waals surface area (Å²) in [6, 6.07) is -0.229. The third-order valence-electron chi connectivity index (χ3n) is 2.72. The molecule has 2 amide bonds. The zero-order chi connectivity index (χ0) is 10.9. The van der Waals surface area contributed by atoms with Gasteiger partial charge in [0, 0.05) is 20.6 Å². The smallest absolute Gasteiger partial charge is 0.329 e. The molecule has 0 aromatic heterocycles. The first-order valence-electron chi connectivity index (χ1n) is 4.62. The quantitative estimate of drug-likeness (QED) is 0.674. The summed E-state index contributed by atoms with van der Waals surface area (Å²) < 4.78 is 0. The number of amides is 2. The summed E-state index contributed by atoms with van der Waals surface area (Å²) in [6.45, 7) is 2.13. The minimum Gasteiger partial charge on any atom is -0.480 e. The second-order valence-electron chi connectivity index (χ2n) is 4.01. The summed E-state index contributed by atoms with van der Waals surface area (Å²) >= 11 is 0. The van der Waals surface area contributed by atoms with Crippen molar-refractivity contribution in [2.45, 2.75) is 25.3 Å². The van der Waals surface area contributed by atoms with Crippen LogP contribution in [0.3, 0.4) is 0 Å². The van der Waals surface area contributed by atoms with E-state index in [9.17, 15) is 9.59 Å². The largest absolute Gasteiger partial charge is 0.480 e. The molecule has 1 unspecified atom stereocenters. The molecule has 0 aromatic carbocycles. The van der Waals surface area contributed by atoms with Gasteiger partial charge in [0.15, 0.2) is 0 Å². The molecule has 5 nitrogen and oxygen atoms in total. The molecule has 0 bridgehead atoms. The van der Waals surface area contributed by atoms with Gasteiger partial charge in [0.25, 0.3) is 0 Å². The lowest BCUT2D eigenvalue weighted by Gasteiger charge is -2.33. The third-order valence-corrected chi connectivity index (χ3v) is 2.72. The van der Waals surface area contributed by atoms with E-state index in [1.54, 1.807) is 21.0 Å². The second-order valence-corrected chi connectivity index (χ2v) is 4.01. The molecule has 1 aliphatic rings. The number of carboxylic acid groups (broad SMARTS) is 1. The van der Waals surface area contributed by atoms with Crippen molar-refractivity contribution in [1.29, 1.82) is 0 Å². The number of hydrogen-bond acceptors (Lipinski definition) is 2. The van der Waals surface area contributed by atoms with Gasteiger partial charge in [0.05, 0.1) is 0 Å². The molecular formula is C9H16N2O3. The van der Waals surface area contributed by atoms with Crippen LogP contribution in [0.1, 0.15) is 19.8 Å². The normalized spacial score (nSPS) is 26.4. The van der Waals surface area contributed by atoms with Crippen LogP contribution in [-0.4, -0.2) is 53.1 Å². The second kappa shape index (κ2) is 3.48. The Kier molecular flexibility index (Phi) is 2.69. The minimum absolute atomic E-state index is 0.229. The highest BCUT2D eigenvalue weighted by atomic mass is 16.4. The van der Waals surface area contributed by atoms with Crippen molar-refractivity contribution in [3.05, 3.63) is 0 Å². The predicted molar refractivity (Wildman–Crippen MR) is 51.1 cm³/mol. The van der Waals surface area contributed by atoms with Crippen LogP contribution in [0, 0.1) is 0 Å². The Labute approximate surface area is 83.3 Å². The lowest BCUT2D eigenvalue weighted by molar-refractivity contribution is -0.147. The van der Waals surface area contributed by atoms with Crippen LogP contribution in [0.5, 0.6) is 0 Å². The molecule has 1 saturated heterocycles. The van der Waals surface area contributed by atoms with Gasteiger partial charge in [-0.15, -0.1) is 0 Å². The highest BCUT2D eigenvalue weighted by Crippen LogP contribution is 2.29. The molecule has 1 heterocycles. The van der Waals surface area contributed by atoms with Crippen LogP contribution >= 0.6 is 0 Å². The molecule has 1 fully saturated rings. The number of carbonyl (C=O) groups excluding carboxylic acids is 1. The van der Waals surface area contributed by atoms with E-state index in [1.807, 2.05) is 0 Å². The number of nitrogens with zero attached hydrogens (tertiary/aromatic N) is 2. The minimum atomic E-state index is -1.03. The van der Waals surface area contributed by atoms with E-state index < -0.39 is 11.5 Å². The molecule has 0 saturated carbocycles. The summed E-state index contributed by atoms with van der Waals surface area (Å²) in [5.74, 6) is -0.926. The fraction of sp³-hybridized carbons (Fsp3) is 0.778. The Bertz CT molecular complexity index is 265. The molecule has 0 radical (unpaired) electrons. The van der Waals surface area contributed by atoms with E-state index in [0.29, 0.717) is 13.0 Å². The molecule has 0 aromatic rings. The molecule has 1 aliphatic heterocycles. The van der Waals surface area contributed by atoms with Gasteiger partial charge >= 0.3 is 12.0 Å². The average Bonchev–Trinajstić information content (AvgIpc) is 2.47. The van der Waals surface area contributed by atoms with Crippen LogP contribution < -0.4 is 0 Å². The molecular weight excluding hydrogens is 184 g/mol. The highest BCUT2D eigenvalue weighted by Gasteiger charge is 2.46. The van der Waals surface area contributed by atoms with Gasteiger partial charge in [-0.2, -0.15) is 0 Å². The van der Waals surface area contributed by atoms with Crippen molar-refractivity contribution < 1.29 is 14.7 Å². The first-order chi connectivity index (χ1) is 6.39. The first kappa shape index (κ1) is 10.8. The third kappa shape index (κ3) is 1.54. The lowest BCUT2D eigenvalue weighted by Crippen LogP contribution is -2.53. The van der Waals surface area contributed by atoms with Crippen molar-refractivity contribution in [3.63, 3.8) is 0 Å². The van der Waals surface area contributed by atoms with E-state index >= 15 is 0 Å². The Morgan fingerprint density at radius 2 is 2.00 bits per heavy atom. The molecule has 0 aliphatic carbocycles. The van der Waals surface area contributed by atoms with Gasteiger partial charge in [-0.25, -0.2) is 9.59 Å². The van der Waals surface area contributed by atoms with E-state index in [-0.39, 0.29) is 6.03 Å². The van der Waals surface area contributed by atoms with Gasteiger partial charge in [-0.05, 0) is 19.8 Å². The number of carboxylic acids is 1. The molecule has 14 heavy (non-hydrogen) atoms. The van der Waals surface area contributed by atoms with E-state index in [1.165, 1.54) is 9.80 Å². The van der Waals surface area contributed by atoms with E-state index in [0.717, 1.165) is 6.42 Å². The summed E-state index contributed by atoms with van der Waals surface area (Å²) in [5.41, 5.74) is -1.03. The van der Waals surface area contributed by atoms with Crippen molar-refractivity contribution in [2.24, 2.45) is 0 Å². The molecule has 1 atom stereocenters. The Hall–Kier alpha value is -1.26. The van der Waals surface area contributed by atoms with Crippen molar-refractivity contribution in [3.8, 4) is 0 Å². The monoisotopic (exact) mass is 200 g/mol. The van der Waals surface area contributed by atoms with Crippen LogP contribution in [0.25, 0.3) is 0 Å². The highest BCUT2D eigenvalue weighted by molar-refractivity contribution is 5.86. The van der Waals surface area contributed by atoms with E-state index in [4.69, 9.17) is 5.11 Å². The van der Waals surface area contributed by atoms with Gasteiger partial charge in [-0.1, -0.05) is 0 Å². The molecule has 0 spiro atoms. The van der Waals surface area contributed by atoms with Crippen LogP contribution in [0.2, 0.25) is 0 Å². The van der Waals surface area contributed by atoms with E-state index in [2.05, 4.69) is 0 Å². The molecule has 1 rings (SSSR count). The van der Waals surface area contributed by atoms with Gasteiger partial charge in [-0.3, -0.25) is 0 Å². The maximum atomic E-state index is 11.7. The maximum absolute atomic E-state index is 11.7. The van der Waals surface area contributed by atoms with Crippen LogP contribution in [-0.2, 0) is 4.79 Å². The fourth-order valence-electron chi connectivity index (χ4n) is 1.73. The lowest BCUT2D eigenvalue weighted by atomic mass is 10.00. The zero-order valence-electron chi connectivity index (χ0n) is 8.78. The summed E-state index contributed by atoms with van der Waals surface area (Å²) in [4.78, 5) is 25.5. The Balaban J connectivity index is 2.89. The van der Waals surface area contributed by atoms with Gasteiger partial charge in [0.1, 0.15) is 5.54 Å². The zero-order valence-corrected chi connectivity index (χ0v) is 8.78. The molecule has 5 heteroatoms. The number of rotatable bonds is 1. The van der Waals surface area contributed by atoms with Gasteiger partial charge < -0.3 is 14.9 Å². The standard InChI is InChI=1S/C9H16N2O3/c1-9(7(12)13)5-4-6-11(9)8(14)10(2)3/h4-6H2,1-3H3,(H,12,13). The number of aliphatic carboxylic acids is 1. The topological polar surface area (TPSA) is 60.9 Å². The summed E-state index contributed by atoms with van der Waals surface area (Å²) in [5, 5.41) is 9.06. The molecule has 1 N–H and O–H groups in total. The van der Waals surface area contributed by atoms with Gasteiger partial charge in [0.2, 0.25) is 0 Å². The summed E-state index contributed by atoms with van der Waals surface area (Å²) in [7, 11) is 3.26. The Morgan fingerprint density at radius 1 is 1.43 bits per heavy atom. The first-order valence-corrected chi connectivity index (χ1v) is 4.62. The average molecular weight is 200 g/mol. The van der Waals surface area contributed by atoms with Crippen molar-refractivity contribution in [1.82, 2.24) is 9.80 Å². The number of hydrogen-bond donors (Lipinski definition) is 1. The Morgan fingerprint density at radius 3 is 2.43 bits per heavy atom. The van der Waals surface area contributed by atoms with Crippen molar-refractivity contribution >= 4 is 12.0 Å². The number of carbonyl (C=O) groups is 2. The predicted octanol–water partition coefficient (Wildman–Crippen LogP) is 0.607. The number of urea groups is 1. The SMILES string of the molecule is CN(C)C(=O)N1CCCC1(C)C(=O)O. The number of likely N-dealkylation sites (tertiary alicyclic amines) is 1. The van der Waals surface area contributed by atoms with Crippen molar-refractivity contribution in [2.75, 3.05) is 20.6 Å². The maximum Gasteiger partial charge on any atom is 0.329 e. The summed E-state index contributed by atoms with van der Waals surface area (Å²) in [6.07, 6.45) is 1.28. The fourth-order valence-corrected chi connectivity index (χ4v) is 1.73. The van der Waals surface area contributed by atoms with Crippen LogP contribution in [0.15, 0.2) is 0 Å².